The van der Waals surface area contributed by atoms with Crippen molar-refractivity contribution in [3.8, 4) is 0 Å². The lowest BCUT2D eigenvalue weighted by atomic mass is 10.0. The predicted octanol–water partition coefficient (Wildman–Crippen LogP) is 3.21. The molecule has 1 saturated heterocycles. The number of hydrogen-bond acceptors (Lipinski definition) is 4. The molecule has 23 heavy (non-hydrogen) atoms. The molecule has 1 unspecified atom stereocenters. The van der Waals surface area contributed by atoms with Crippen molar-refractivity contribution in [1.29, 1.82) is 0 Å². The maximum Gasteiger partial charge on any atom is 0.227 e. The quantitative estimate of drug-likeness (QED) is 0.837. The van der Waals surface area contributed by atoms with Crippen LogP contribution in [0.25, 0.3) is 0 Å². The summed E-state index contributed by atoms with van der Waals surface area (Å²) in [6, 6.07) is 5.92. The van der Waals surface area contributed by atoms with Crippen molar-refractivity contribution in [2.45, 2.75) is 19.4 Å². The van der Waals surface area contributed by atoms with Gasteiger partial charge in [0.25, 0.3) is 0 Å². The van der Waals surface area contributed by atoms with Crippen LogP contribution in [-0.2, 0) is 17.8 Å². The molecule has 2 aromatic rings. The number of rotatable bonds is 2. The SMILES string of the molecule is O=C(C1CCN(c2ccc(Cl)cn2)C1)N1CCc2sccc2C1. The zero-order valence-corrected chi connectivity index (χ0v) is 14.3. The fourth-order valence-electron chi connectivity index (χ4n) is 3.42. The Morgan fingerprint density at radius 3 is 3.04 bits per heavy atom. The van der Waals surface area contributed by atoms with Crippen LogP contribution in [0.5, 0.6) is 0 Å². The van der Waals surface area contributed by atoms with Gasteiger partial charge in [0.2, 0.25) is 5.91 Å². The van der Waals surface area contributed by atoms with Crippen LogP contribution in [0, 0.1) is 5.92 Å². The Bertz CT molecular complexity index is 715. The smallest absolute Gasteiger partial charge is 0.227 e. The summed E-state index contributed by atoms with van der Waals surface area (Å²) in [5, 5.41) is 2.77. The first kappa shape index (κ1) is 15.0. The molecule has 2 aromatic heterocycles. The maximum absolute atomic E-state index is 12.8. The number of carbonyl (C=O) groups is 1. The molecular formula is C17H18ClN3OS. The summed E-state index contributed by atoms with van der Waals surface area (Å²) in [4.78, 5) is 22.8. The van der Waals surface area contributed by atoms with E-state index in [0.717, 1.165) is 44.8 Å². The second-order valence-corrected chi connectivity index (χ2v) is 7.58. The number of hydrogen-bond donors (Lipinski definition) is 0. The number of halogens is 1. The maximum atomic E-state index is 12.8. The van der Waals surface area contributed by atoms with E-state index in [9.17, 15) is 4.79 Å². The first-order valence-electron chi connectivity index (χ1n) is 7.91. The van der Waals surface area contributed by atoms with Crippen LogP contribution in [0.3, 0.4) is 0 Å². The van der Waals surface area contributed by atoms with Crippen LogP contribution in [0.1, 0.15) is 16.9 Å². The summed E-state index contributed by atoms with van der Waals surface area (Å²) in [6.45, 7) is 3.25. The van der Waals surface area contributed by atoms with Crippen LogP contribution in [-0.4, -0.2) is 35.4 Å². The Balaban J connectivity index is 1.41. The van der Waals surface area contributed by atoms with Gasteiger partial charge in [0.1, 0.15) is 5.82 Å². The zero-order chi connectivity index (χ0) is 15.8. The third-order valence-electron chi connectivity index (χ3n) is 4.69. The number of pyridine rings is 1. The number of fused-ring (bicyclic) bond motifs is 1. The van der Waals surface area contributed by atoms with Gasteiger partial charge in [-0.2, -0.15) is 0 Å². The normalized spacial score (nSPS) is 20.7. The molecule has 2 aliphatic rings. The average Bonchev–Trinajstić information content (AvgIpc) is 3.23. The highest BCUT2D eigenvalue weighted by Crippen LogP contribution is 2.28. The van der Waals surface area contributed by atoms with E-state index in [2.05, 4.69) is 21.3 Å². The molecule has 6 heteroatoms. The van der Waals surface area contributed by atoms with Crippen molar-refractivity contribution in [2.75, 3.05) is 24.5 Å². The fourth-order valence-corrected chi connectivity index (χ4v) is 4.42. The Kier molecular flexibility index (Phi) is 3.99. The summed E-state index contributed by atoms with van der Waals surface area (Å²) < 4.78 is 0. The number of anilines is 1. The lowest BCUT2D eigenvalue weighted by Gasteiger charge is -2.29. The molecule has 0 spiro atoms. The van der Waals surface area contributed by atoms with E-state index in [1.165, 1.54) is 10.4 Å². The Hall–Kier alpha value is -1.59. The number of carbonyl (C=O) groups excluding carboxylic acids is 1. The van der Waals surface area contributed by atoms with Crippen LogP contribution >= 0.6 is 22.9 Å². The zero-order valence-electron chi connectivity index (χ0n) is 12.7. The molecule has 0 saturated carbocycles. The largest absolute Gasteiger partial charge is 0.356 e. The number of nitrogens with zero attached hydrogens (tertiary/aromatic N) is 3. The minimum Gasteiger partial charge on any atom is -0.356 e. The Labute approximate surface area is 144 Å². The van der Waals surface area contributed by atoms with Gasteiger partial charge in [-0.15, -0.1) is 11.3 Å². The number of thiophene rings is 1. The van der Waals surface area contributed by atoms with Crippen molar-refractivity contribution in [1.82, 2.24) is 9.88 Å². The highest BCUT2D eigenvalue weighted by Gasteiger charge is 2.33. The predicted molar refractivity (Wildman–Crippen MR) is 93.0 cm³/mol. The molecule has 4 rings (SSSR count). The van der Waals surface area contributed by atoms with Crippen LogP contribution in [0.4, 0.5) is 5.82 Å². The van der Waals surface area contributed by atoms with E-state index in [-0.39, 0.29) is 5.92 Å². The average molecular weight is 348 g/mol. The second kappa shape index (κ2) is 6.13. The molecule has 4 heterocycles. The third kappa shape index (κ3) is 2.95. The fraction of sp³-hybridized carbons (Fsp3) is 0.412. The molecule has 0 aliphatic carbocycles. The molecule has 1 atom stereocenters. The van der Waals surface area contributed by atoms with Gasteiger partial charge in [-0.3, -0.25) is 4.79 Å². The number of aromatic nitrogens is 1. The molecule has 1 fully saturated rings. The minimum absolute atomic E-state index is 0.0765. The van der Waals surface area contributed by atoms with Crippen LogP contribution in [0.2, 0.25) is 5.02 Å². The van der Waals surface area contributed by atoms with Gasteiger partial charge in [-0.1, -0.05) is 11.6 Å². The first-order valence-corrected chi connectivity index (χ1v) is 9.17. The Morgan fingerprint density at radius 2 is 2.22 bits per heavy atom. The standard InChI is InChI=1S/C17H18ClN3OS/c18-14-1-2-16(19-9-14)20-6-3-13(11-20)17(22)21-7-4-15-12(10-21)5-8-23-15/h1-2,5,8-9,13H,3-4,6-7,10-11H2. The second-order valence-electron chi connectivity index (χ2n) is 6.15. The summed E-state index contributed by atoms with van der Waals surface area (Å²) in [5.41, 5.74) is 1.32. The van der Waals surface area contributed by atoms with Gasteiger partial charge in [0.05, 0.1) is 10.9 Å². The van der Waals surface area contributed by atoms with Gasteiger partial charge in [0.15, 0.2) is 0 Å². The van der Waals surface area contributed by atoms with E-state index >= 15 is 0 Å². The van der Waals surface area contributed by atoms with Crippen molar-refractivity contribution < 1.29 is 4.79 Å². The van der Waals surface area contributed by atoms with Crippen LogP contribution in [0.15, 0.2) is 29.8 Å². The molecule has 1 amide bonds. The Morgan fingerprint density at radius 1 is 1.30 bits per heavy atom. The van der Waals surface area contributed by atoms with Gasteiger partial charge < -0.3 is 9.80 Å². The van der Waals surface area contributed by atoms with Crippen LogP contribution < -0.4 is 4.90 Å². The van der Waals surface area contributed by atoms with Crippen molar-refractivity contribution in [3.05, 3.63) is 45.2 Å². The molecular weight excluding hydrogens is 330 g/mol. The van der Waals surface area contributed by atoms with E-state index in [4.69, 9.17) is 11.6 Å². The molecule has 0 aromatic carbocycles. The molecule has 4 nitrogen and oxygen atoms in total. The lowest BCUT2D eigenvalue weighted by molar-refractivity contribution is -0.135. The van der Waals surface area contributed by atoms with Gasteiger partial charge >= 0.3 is 0 Å². The highest BCUT2D eigenvalue weighted by molar-refractivity contribution is 7.10. The van der Waals surface area contributed by atoms with Crippen molar-refractivity contribution >= 4 is 34.7 Å². The van der Waals surface area contributed by atoms with Crippen molar-refractivity contribution in [3.63, 3.8) is 0 Å². The highest BCUT2D eigenvalue weighted by atomic mass is 35.5. The molecule has 0 radical (unpaired) electrons. The number of amides is 1. The minimum atomic E-state index is 0.0765. The summed E-state index contributed by atoms with van der Waals surface area (Å²) in [6.07, 6.45) is 3.55. The third-order valence-corrected chi connectivity index (χ3v) is 5.94. The van der Waals surface area contributed by atoms with E-state index in [0.29, 0.717) is 10.9 Å². The van der Waals surface area contributed by atoms with Crippen molar-refractivity contribution in [2.24, 2.45) is 5.92 Å². The van der Waals surface area contributed by atoms with Gasteiger partial charge in [-0.25, -0.2) is 4.98 Å². The summed E-state index contributed by atoms with van der Waals surface area (Å²) in [5.74, 6) is 1.27. The van der Waals surface area contributed by atoms with Gasteiger partial charge in [-0.05, 0) is 42.0 Å². The van der Waals surface area contributed by atoms with E-state index in [1.54, 1.807) is 17.5 Å². The molecule has 0 N–H and O–H groups in total. The molecule has 2 aliphatic heterocycles. The summed E-state index contributed by atoms with van der Waals surface area (Å²) in [7, 11) is 0. The topological polar surface area (TPSA) is 36.4 Å². The monoisotopic (exact) mass is 347 g/mol. The van der Waals surface area contributed by atoms with Gasteiger partial charge in [0, 0.05) is 37.3 Å². The van der Waals surface area contributed by atoms with E-state index in [1.807, 2.05) is 17.0 Å². The molecule has 120 valence electrons. The molecule has 0 bridgehead atoms. The first-order chi connectivity index (χ1) is 11.2. The lowest BCUT2D eigenvalue weighted by Crippen LogP contribution is -2.40. The summed E-state index contributed by atoms with van der Waals surface area (Å²) >= 11 is 7.69. The van der Waals surface area contributed by atoms with E-state index < -0.39 is 0 Å².